The minimum absolute atomic E-state index is 0. The van der Waals surface area contributed by atoms with Gasteiger partial charge in [0.15, 0.2) is 0 Å². The first-order chi connectivity index (χ1) is 11.6. The molecule has 2 aromatic rings. The summed E-state index contributed by atoms with van der Waals surface area (Å²) >= 11 is 0. The van der Waals surface area contributed by atoms with Gasteiger partial charge < -0.3 is 4.74 Å². The predicted molar refractivity (Wildman–Crippen MR) is 117 cm³/mol. The molecule has 1 aliphatic rings. The van der Waals surface area contributed by atoms with Gasteiger partial charge in [-0.1, -0.05) is 69.2 Å². The van der Waals surface area contributed by atoms with Gasteiger partial charge >= 0.3 is 48.9 Å². The molecule has 0 bridgehead atoms. The summed E-state index contributed by atoms with van der Waals surface area (Å²) in [7, 11) is 0. The van der Waals surface area contributed by atoms with Gasteiger partial charge in [0.2, 0.25) is 0 Å². The topological polar surface area (TPSA) is 9.23 Å². The average Bonchev–Trinajstić information content (AvgIpc) is 3.29. The molecule has 142 valence electrons. The van der Waals surface area contributed by atoms with Crippen molar-refractivity contribution in [2.75, 3.05) is 13.2 Å². The van der Waals surface area contributed by atoms with Gasteiger partial charge in [0.25, 0.3) is 0 Å². The first-order valence-electron chi connectivity index (χ1n) is 9.58. The summed E-state index contributed by atoms with van der Waals surface area (Å²) in [5.41, 5.74) is 14.7. The summed E-state index contributed by atoms with van der Waals surface area (Å²) in [5.74, 6) is 0. The molecule has 26 heavy (non-hydrogen) atoms. The van der Waals surface area contributed by atoms with Crippen molar-refractivity contribution in [1.29, 1.82) is 0 Å². The maximum absolute atomic E-state index is 4.94. The molecule has 0 saturated carbocycles. The maximum atomic E-state index is 4.94. The van der Waals surface area contributed by atoms with E-state index < -0.39 is 0 Å². The summed E-state index contributed by atoms with van der Waals surface area (Å²) < 4.78 is 4.94. The Kier molecular flexibility index (Phi) is 12.0. The molecular weight excluding hydrogens is 442 g/mol. The number of ether oxygens (including phenoxy) is 1. The van der Waals surface area contributed by atoms with Crippen LogP contribution >= 0.6 is 0 Å². The zero-order valence-corrected chi connectivity index (χ0v) is 23.4. The molecule has 1 nitrogen and oxygen atoms in total. The van der Waals surface area contributed by atoms with Crippen molar-refractivity contribution in [1.82, 2.24) is 0 Å². The second kappa shape index (κ2) is 11.9. The van der Waals surface area contributed by atoms with E-state index in [4.69, 9.17) is 4.74 Å². The van der Waals surface area contributed by atoms with E-state index >= 15 is 0 Å². The van der Waals surface area contributed by atoms with Gasteiger partial charge in [-0.25, -0.2) is 0 Å². The summed E-state index contributed by atoms with van der Waals surface area (Å²) in [4.78, 5) is 0. The van der Waals surface area contributed by atoms with E-state index in [-0.39, 0.29) is 48.9 Å². The minimum Gasteiger partial charge on any atom is -0.381 e. The molecular formula is C24H38BaO. The Balaban J connectivity index is 0.000000372. The molecule has 2 heteroatoms. The van der Waals surface area contributed by atoms with Gasteiger partial charge in [0.05, 0.1) is 0 Å². The van der Waals surface area contributed by atoms with Crippen molar-refractivity contribution in [3.8, 4) is 0 Å². The van der Waals surface area contributed by atoms with Crippen LogP contribution in [-0.4, -0.2) is 62.1 Å². The van der Waals surface area contributed by atoms with Crippen LogP contribution in [0.25, 0.3) is 0 Å². The zero-order valence-electron chi connectivity index (χ0n) is 18.9. The zero-order chi connectivity index (χ0) is 19.3. The van der Waals surface area contributed by atoms with E-state index in [1.165, 1.54) is 68.5 Å². The Morgan fingerprint density at radius 3 is 0.846 bits per heavy atom. The fourth-order valence-electron chi connectivity index (χ4n) is 3.32. The first-order valence-corrected chi connectivity index (χ1v) is 9.58. The Morgan fingerprint density at radius 1 is 0.538 bits per heavy atom. The van der Waals surface area contributed by atoms with E-state index in [0.29, 0.717) is 0 Å². The Labute approximate surface area is 202 Å². The van der Waals surface area contributed by atoms with Crippen molar-refractivity contribution in [2.24, 2.45) is 0 Å². The summed E-state index contributed by atoms with van der Waals surface area (Å²) in [6.07, 6.45) is 2.56. The number of hydrogen-bond donors (Lipinski definition) is 0. The maximum Gasteiger partial charge on any atom is 2.00 e. The summed E-state index contributed by atoms with van der Waals surface area (Å²) in [6.45, 7) is 24.0. The van der Waals surface area contributed by atoms with Crippen LogP contribution in [0.3, 0.4) is 0 Å². The van der Waals surface area contributed by atoms with E-state index in [2.05, 4.69) is 69.2 Å². The molecule has 0 radical (unpaired) electrons. The van der Waals surface area contributed by atoms with Crippen molar-refractivity contribution in [3.05, 3.63) is 55.6 Å². The Hall–Kier alpha value is 0.231. The molecule has 0 unspecified atom stereocenters. The standard InChI is InChI=1S/2C10H15.C4H8O.Ba/c2*1-6-7(2)9(4)10(5)8(6)3;1-2-4-5-3-1;/h2*1-5H3;1-4H2;/q2*-1;;+2. The van der Waals surface area contributed by atoms with Crippen molar-refractivity contribution < 1.29 is 4.74 Å². The van der Waals surface area contributed by atoms with Crippen LogP contribution in [0.15, 0.2) is 0 Å². The molecule has 0 atom stereocenters. The molecule has 0 amide bonds. The van der Waals surface area contributed by atoms with Crippen LogP contribution in [-0.2, 0) is 4.74 Å². The molecule has 1 aliphatic heterocycles. The summed E-state index contributed by atoms with van der Waals surface area (Å²) in [6, 6.07) is 0. The summed E-state index contributed by atoms with van der Waals surface area (Å²) in [5, 5.41) is 0. The van der Waals surface area contributed by atoms with E-state index in [1.807, 2.05) is 0 Å². The second-order valence-electron chi connectivity index (χ2n) is 7.57. The van der Waals surface area contributed by atoms with Crippen LogP contribution in [0, 0.1) is 69.2 Å². The smallest absolute Gasteiger partial charge is 0.381 e. The van der Waals surface area contributed by atoms with E-state index in [9.17, 15) is 0 Å². The van der Waals surface area contributed by atoms with Gasteiger partial charge in [-0.15, -0.1) is 0 Å². The molecule has 0 aliphatic carbocycles. The van der Waals surface area contributed by atoms with Gasteiger partial charge in [-0.3, -0.25) is 0 Å². The largest absolute Gasteiger partial charge is 2.00 e. The van der Waals surface area contributed by atoms with Gasteiger partial charge in [-0.05, 0) is 12.8 Å². The van der Waals surface area contributed by atoms with Crippen LogP contribution in [0.4, 0.5) is 0 Å². The third-order valence-electron chi connectivity index (χ3n) is 6.45. The third kappa shape index (κ3) is 6.39. The average molecular weight is 480 g/mol. The SMILES string of the molecule is C1CCOC1.Cc1c(C)c(C)[c-](C)c1C.Cc1c(C)c(C)[c-](C)c1C.[Ba+2]. The molecule has 1 heterocycles. The van der Waals surface area contributed by atoms with Crippen LogP contribution in [0.1, 0.15) is 68.5 Å². The number of hydrogen-bond acceptors (Lipinski definition) is 1. The van der Waals surface area contributed by atoms with Crippen molar-refractivity contribution in [2.45, 2.75) is 82.1 Å². The molecule has 2 aromatic carbocycles. The van der Waals surface area contributed by atoms with Gasteiger partial charge in [0.1, 0.15) is 0 Å². The Bertz CT molecular complexity index is 472. The van der Waals surface area contributed by atoms with Crippen molar-refractivity contribution in [3.63, 3.8) is 0 Å². The number of rotatable bonds is 0. The fraction of sp³-hybridized carbons (Fsp3) is 0.583. The quantitative estimate of drug-likeness (QED) is 0.318. The normalized spacial score (nSPS) is 12.7. The van der Waals surface area contributed by atoms with Crippen LogP contribution < -0.4 is 0 Å². The van der Waals surface area contributed by atoms with Gasteiger partial charge in [-0.2, -0.15) is 55.6 Å². The molecule has 1 fully saturated rings. The Morgan fingerprint density at radius 2 is 0.769 bits per heavy atom. The second-order valence-corrected chi connectivity index (χ2v) is 7.57. The molecule has 1 saturated heterocycles. The van der Waals surface area contributed by atoms with E-state index in [0.717, 1.165) is 13.2 Å². The molecule has 0 N–H and O–H groups in total. The monoisotopic (exact) mass is 480 g/mol. The first kappa shape index (κ1) is 26.2. The van der Waals surface area contributed by atoms with Crippen LogP contribution in [0.2, 0.25) is 0 Å². The van der Waals surface area contributed by atoms with Gasteiger partial charge in [0, 0.05) is 13.2 Å². The van der Waals surface area contributed by atoms with Crippen LogP contribution in [0.5, 0.6) is 0 Å². The third-order valence-corrected chi connectivity index (χ3v) is 6.45. The van der Waals surface area contributed by atoms with Crippen molar-refractivity contribution >= 4 is 48.9 Å². The molecule has 0 aromatic heterocycles. The predicted octanol–water partition coefficient (Wildman–Crippen LogP) is 6.31. The van der Waals surface area contributed by atoms with E-state index in [1.54, 1.807) is 0 Å². The fourth-order valence-corrected chi connectivity index (χ4v) is 3.32. The molecule has 0 spiro atoms. The molecule has 3 rings (SSSR count). The minimum atomic E-state index is 0.